The third-order valence-corrected chi connectivity index (χ3v) is 8.86. The Bertz CT molecular complexity index is 1040. The summed E-state index contributed by atoms with van der Waals surface area (Å²) in [6.45, 7) is 7.25. The van der Waals surface area contributed by atoms with Crippen molar-refractivity contribution in [2.75, 3.05) is 31.1 Å². The molecule has 1 N–H and O–H groups in total. The van der Waals surface area contributed by atoms with Crippen molar-refractivity contribution in [1.29, 1.82) is 0 Å². The zero-order valence-electron chi connectivity index (χ0n) is 22.6. The van der Waals surface area contributed by atoms with Crippen molar-refractivity contribution in [3.8, 4) is 0 Å². The van der Waals surface area contributed by atoms with Crippen LogP contribution >= 0.6 is 11.8 Å². The number of aliphatic hydroxyl groups excluding tert-OH is 1. The van der Waals surface area contributed by atoms with Gasteiger partial charge in [-0.2, -0.15) is 13.2 Å². The van der Waals surface area contributed by atoms with Crippen molar-refractivity contribution >= 4 is 23.1 Å². The minimum atomic E-state index is -4.37. The molecule has 2 aromatic carbocycles. The normalized spacial score (nSPS) is 18.2. The first-order valence-electron chi connectivity index (χ1n) is 14.0. The Morgan fingerprint density at radius 1 is 0.947 bits per heavy atom. The summed E-state index contributed by atoms with van der Waals surface area (Å²) in [4.78, 5) is 6.40. The van der Waals surface area contributed by atoms with Gasteiger partial charge in [0, 0.05) is 29.4 Å². The van der Waals surface area contributed by atoms with E-state index in [9.17, 15) is 18.3 Å². The average Bonchev–Trinajstić information content (AvgIpc) is 2.88. The topological polar surface area (TPSA) is 35.9 Å². The van der Waals surface area contributed by atoms with Gasteiger partial charge in [0.25, 0.3) is 0 Å². The predicted molar refractivity (Wildman–Crippen MR) is 148 cm³/mol. The van der Waals surface area contributed by atoms with Crippen LogP contribution in [0.25, 0.3) is 0 Å². The number of fused-ring (bicyclic) bond motifs is 2. The summed E-state index contributed by atoms with van der Waals surface area (Å²) >= 11 is 1.53. The highest BCUT2D eigenvalue weighted by Crippen LogP contribution is 2.49. The summed E-state index contributed by atoms with van der Waals surface area (Å²) in [5, 5.41) is 9.98. The second-order valence-electron chi connectivity index (χ2n) is 10.7. The van der Waals surface area contributed by atoms with E-state index in [0.717, 1.165) is 67.2 Å². The van der Waals surface area contributed by atoms with Crippen molar-refractivity contribution in [1.82, 2.24) is 4.90 Å². The highest BCUT2D eigenvalue weighted by molar-refractivity contribution is 7.99. The number of aliphatic hydroxyl groups is 1. The smallest absolute Gasteiger partial charge is 0.368 e. The fourth-order valence-electron chi connectivity index (χ4n) is 5.72. The molecule has 2 aromatic rings. The monoisotopic (exact) mass is 550 g/mol. The largest absolute Gasteiger partial charge is 0.416 e. The lowest BCUT2D eigenvalue weighted by Gasteiger charge is -2.43. The fraction of sp³-hybridized carbons (Fsp3) is 0.600. The van der Waals surface area contributed by atoms with Gasteiger partial charge in [0.15, 0.2) is 6.29 Å². The van der Waals surface area contributed by atoms with E-state index in [1.54, 1.807) is 13.0 Å². The molecule has 4 rings (SSSR count). The molecule has 2 aliphatic rings. The van der Waals surface area contributed by atoms with Gasteiger partial charge >= 0.3 is 6.18 Å². The van der Waals surface area contributed by atoms with E-state index in [4.69, 9.17) is 4.74 Å². The molecule has 1 fully saturated rings. The van der Waals surface area contributed by atoms with Crippen LogP contribution < -0.4 is 4.90 Å². The van der Waals surface area contributed by atoms with E-state index in [1.807, 2.05) is 24.3 Å². The fourth-order valence-corrected chi connectivity index (χ4v) is 6.80. The van der Waals surface area contributed by atoms with Crippen molar-refractivity contribution < 1.29 is 23.0 Å². The number of hydrogen-bond donors (Lipinski definition) is 1. The SMILES string of the molecule is CCCCCCCC1(OC(C)O)CCN(CCCN2c3ccccc3Sc3ccc(C(F)(F)F)cc32)CC1. The predicted octanol–water partition coefficient (Wildman–Crippen LogP) is 8.25. The molecule has 0 aromatic heterocycles. The molecule has 8 heteroatoms. The number of alkyl halides is 3. The second-order valence-corrected chi connectivity index (χ2v) is 11.7. The Hall–Kier alpha value is -1.74. The van der Waals surface area contributed by atoms with E-state index in [-0.39, 0.29) is 5.60 Å². The number of hydrogen-bond acceptors (Lipinski definition) is 5. The maximum atomic E-state index is 13.5. The molecule has 1 saturated heterocycles. The van der Waals surface area contributed by atoms with Gasteiger partial charge in [-0.05, 0) is 69.5 Å². The van der Waals surface area contributed by atoms with Gasteiger partial charge in [0.05, 0.1) is 22.5 Å². The first kappa shape index (κ1) is 29.2. The molecule has 210 valence electrons. The Kier molecular flexibility index (Phi) is 10.1. The molecule has 0 saturated carbocycles. The summed E-state index contributed by atoms with van der Waals surface area (Å²) < 4.78 is 46.6. The number of halogens is 3. The van der Waals surface area contributed by atoms with E-state index in [1.165, 1.54) is 49.6 Å². The number of piperidine rings is 1. The van der Waals surface area contributed by atoms with E-state index < -0.39 is 18.0 Å². The number of nitrogens with zero attached hydrogens (tertiary/aromatic N) is 2. The van der Waals surface area contributed by atoms with E-state index in [0.29, 0.717) is 12.2 Å². The highest BCUT2D eigenvalue weighted by Gasteiger charge is 2.36. The third kappa shape index (κ3) is 7.46. The quantitative estimate of drug-likeness (QED) is 0.213. The maximum absolute atomic E-state index is 13.5. The van der Waals surface area contributed by atoms with Crippen LogP contribution in [0, 0.1) is 0 Å². The van der Waals surface area contributed by atoms with Gasteiger partial charge in [-0.15, -0.1) is 0 Å². The van der Waals surface area contributed by atoms with Crippen LogP contribution in [-0.4, -0.2) is 48.1 Å². The molecule has 0 bridgehead atoms. The number of rotatable bonds is 12. The van der Waals surface area contributed by atoms with Crippen LogP contribution in [0.3, 0.4) is 0 Å². The first-order valence-corrected chi connectivity index (χ1v) is 14.9. The lowest BCUT2D eigenvalue weighted by molar-refractivity contribution is -0.196. The number of likely N-dealkylation sites (tertiary alicyclic amines) is 1. The van der Waals surface area contributed by atoms with Gasteiger partial charge in [-0.25, -0.2) is 0 Å². The number of ether oxygens (including phenoxy) is 1. The summed E-state index contributed by atoms with van der Waals surface area (Å²) in [5.74, 6) is 0. The van der Waals surface area contributed by atoms with Crippen molar-refractivity contribution in [2.45, 2.75) is 99.5 Å². The van der Waals surface area contributed by atoms with Gasteiger partial charge in [0.2, 0.25) is 0 Å². The molecule has 0 radical (unpaired) electrons. The molecule has 0 spiro atoms. The number of benzene rings is 2. The molecule has 2 aliphatic heterocycles. The third-order valence-electron chi connectivity index (χ3n) is 7.73. The Balaban J connectivity index is 1.37. The molecule has 38 heavy (non-hydrogen) atoms. The average molecular weight is 551 g/mol. The standard InChI is InChI=1S/C30H41F3N2O2S/c1-3-4-5-6-9-15-29(37-23(2)36)16-20-34(21-17-29)18-10-19-35-25-11-7-8-12-27(25)38-28-14-13-24(22-26(28)35)30(31,32)33/h7-8,11-14,22-23,36H,3-6,9-10,15-21H2,1-2H3. The minimum Gasteiger partial charge on any atom is -0.368 e. The van der Waals surface area contributed by atoms with Gasteiger partial charge in [-0.1, -0.05) is 62.9 Å². The van der Waals surface area contributed by atoms with Crippen LogP contribution in [-0.2, 0) is 10.9 Å². The molecule has 4 nitrogen and oxygen atoms in total. The molecular weight excluding hydrogens is 509 g/mol. The van der Waals surface area contributed by atoms with Crippen molar-refractivity contribution in [3.63, 3.8) is 0 Å². The van der Waals surface area contributed by atoms with Crippen LogP contribution in [0.15, 0.2) is 52.3 Å². The Morgan fingerprint density at radius 2 is 1.66 bits per heavy atom. The van der Waals surface area contributed by atoms with Gasteiger partial charge < -0.3 is 19.6 Å². The Morgan fingerprint density at radius 3 is 2.37 bits per heavy atom. The molecule has 0 aliphatic carbocycles. The van der Waals surface area contributed by atoms with Gasteiger partial charge in [-0.3, -0.25) is 0 Å². The molecule has 1 unspecified atom stereocenters. The number of unbranched alkanes of at least 4 members (excludes halogenated alkanes) is 4. The molecular formula is C30H41F3N2O2S. The molecule has 0 amide bonds. The van der Waals surface area contributed by atoms with Crippen LogP contribution in [0.4, 0.5) is 24.5 Å². The number of anilines is 2. The zero-order valence-corrected chi connectivity index (χ0v) is 23.4. The lowest BCUT2D eigenvalue weighted by Crippen LogP contribution is -2.48. The van der Waals surface area contributed by atoms with Crippen molar-refractivity contribution in [2.24, 2.45) is 0 Å². The van der Waals surface area contributed by atoms with Gasteiger partial charge in [0.1, 0.15) is 0 Å². The maximum Gasteiger partial charge on any atom is 0.416 e. The van der Waals surface area contributed by atoms with E-state index in [2.05, 4.69) is 16.7 Å². The summed E-state index contributed by atoms with van der Waals surface area (Å²) in [7, 11) is 0. The summed E-state index contributed by atoms with van der Waals surface area (Å²) in [6.07, 6.45) is 4.54. The Labute approximate surface area is 229 Å². The van der Waals surface area contributed by atoms with Crippen molar-refractivity contribution in [3.05, 3.63) is 48.0 Å². The van der Waals surface area contributed by atoms with Crippen LogP contribution in [0.2, 0.25) is 0 Å². The lowest BCUT2D eigenvalue weighted by atomic mass is 9.85. The summed E-state index contributed by atoms with van der Waals surface area (Å²) in [5.41, 5.74) is 0.735. The summed E-state index contributed by atoms with van der Waals surface area (Å²) in [6, 6.07) is 12.0. The van der Waals surface area contributed by atoms with E-state index >= 15 is 0 Å². The molecule has 1 atom stereocenters. The van der Waals surface area contributed by atoms with Crippen LogP contribution in [0.1, 0.15) is 77.2 Å². The minimum absolute atomic E-state index is 0.257. The zero-order chi connectivity index (χ0) is 27.2. The molecule has 2 heterocycles. The van der Waals surface area contributed by atoms with Crippen LogP contribution in [0.5, 0.6) is 0 Å². The first-order chi connectivity index (χ1) is 18.2. The number of para-hydroxylation sites is 1. The second kappa shape index (κ2) is 13.1. The highest BCUT2D eigenvalue weighted by atomic mass is 32.2.